The number of aromatic nitrogens is 1. The molecule has 2 fully saturated rings. The monoisotopic (exact) mass is 222 g/mol. The van der Waals surface area contributed by atoms with Crippen LogP contribution < -0.4 is 5.73 Å². The molecule has 1 heterocycles. The van der Waals surface area contributed by atoms with E-state index in [0.29, 0.717) is 5.41 Å². The van der Waals surface area contributed by atoms with Gasteiger partial charge >= 0.3 is 0 Å². The van der Waals surface area contributed by atoms with Crippen molar-refractivity contribution in [1.82, 2.24) is 4.98 Å². The summed E-state index contributed by atoms with van der Waals surface area (Å²) < 4.78 is 0. The average Bonchev–Trinajstić information content (AvgIpc) is 3.06. The van der Waals surface area contributed by atoms with Gasteiger partial charge in [-0.25, -0.2) is 4.98 Å². The van der Waals surface area contributed by atoms with Crippen molar-refractivity contribution in [1.29, 1.82) is 0 Å². The molecule has 0 spiro atoms. The van der Waals surface area contributed by atoms with Crippen molar-refractivity contribution in [2.24, 2.45) is 11.1 Å². The highest BCUT2D eigenvalue weighted by molar-refractivity contribution is 7.10. The lowest BCUT2D eigenvalue weighted by Gasteiger charge is -2.18. The van der Waals surface area contributed by atoms with E-state index in [0.717, 1.165) is 12.5 Å². The van der Waals surface area contributed by atoms with Crippen molar-refractivity contribution >= 4 is 11.3 Å². The normalized spacial score (nSPS) is 33.0. The molecule has 3 heteroatoms. The molecule has 1 atom stereocenters. The second-order valence-electron chi connectivity index (χ2n) is 5.69. The quantitative estimate of drug-likeness (QED) is 0.854. The van der Waals surface area contributed by atoms with Gasteiger partial charge in [0.1, 0.15) is 0 Å². The summed E-state index contributed by atoms with van der Waals surface area (Å²) >= 11 is 1.82. The topological polar surface area (TPSA) is 38.9 Å². The molecule has 0 saturated heterocycles. The molecule has 1 unspecified atom stereocenters. The first kappa shape index (κ1) is 9.79. The number of nitrogens with zero attached hydrogens (tertiary/aromatic N) is 1. The predicted octanol–water partition coefficient (Wildman–Crippen LogP) is 2.65. The summed E-state index contributed by atoms with van der Waals surface area (Å²) in [4.78, 5) is 6.06. The maximum atomic E-state index is 6.00. The molecule has 15 heavy (non-hydrogen) atoms. The summed E-state index contributed by atoms with van der Waals surface area (Å²) in [6.45, 7) is 5.44. The van der Waals surface area contributed by atoms with Crippen molar-refractivity contribution in [3.8, 4) is 0 Å². The van der Waals surface area contributed by atoms with Crippen LogP contribution >= 0.6 is 11.3 Å². The Bertz CT molecular complexity index is 392. The molecule has 2 aliphatic rings. The predicted molar refractivity (Wildman–Crippen MR) is 63.2 cm³/mol. The number of rotatable bonds is 3. The van der Waals surface area contributed by atoms with Crippen molar-refractivity contribution in [2.75, 3.05) is 6.54 Å². The molecule has 2 N–H and O–H groups in total. The van der Waals surface area contributed by atoms with Gasteiger partial charge in [-0.15, -0.1) is 11.3 Å². The number of thiazole rings is 1. The molecule has 2 saturated carbocycles. The smallest absolute Gasteiger partial charge is 0.0798 e. The third-order valence-electron chi connectivity index (χ3n) is 4.26. The molecule has 3 rings (SSSR count). The average molecular weight is 222 g/mol. The highest BCUT2D eigenvalue weighted by atomic mass is 32.1. The summed E-state index contributed by atoms with van der Waals surface area (Å²) in [7, 11) is 0. The molecule has 2 nitrogen and oxygen atoms in total. The maximum Gasteiger partial charge on any atom is 0.0798 e. The first-order chi connectivity index (χ1) is 7.11. The minimum atomic E-state index is 0.256. The van der Waals surface area contributed by atoms with E-state index in [1.54, 1.807) is 0 Å². The first-order valence-electron chi connectivity index (χ1n) is 5.75. The van der Waals surface area contributed by atoms with Crippen LogP contribution in [0.15, 0.2) is 5.51 Å². The minimum Gasteiger partial charge on any atom is -0.330 e. The lowest BCUT2D eigenvalue weighted by molar-refractivity contribution is 0.505. The Morgan fingerprint density at radius 2 is 2.20 bits per heavy atom. The summed E-state index contributed by atoms with van der Waals surface area (Å²) in [5, 5.41) is 0. The molecule has 1 aromatic heterocycles. The second kappa shape index (κ2) is 2.83. The SMILES string of the molecule is CC1(C)CC1(CN)c1scnc1C1CC1. The number of hydrogen-bond acceptors (Lipinski definition) is 3. The van der Waals surface area contributed by atoms with Crippen LogP contribution in [0.1, 0.15) is 49.6 Å². The van der Waals surface area contributed by atoms with Crippen LogP contribution in [0, 0.1) is 5.41 Å². The van der Waals surface area contributed by atoms with Crippen LogP contribution in [0.3, 0.4) is 0 Å². The molecule has 0 aromatic carbocycles. The maximum absolute atomic E-state index is 6.00. The molecule has 1 aromatic rings. The Hall–Kier alpha value is -0.410. The molecule has 0 amide bonds. The van der Waals surface area contributed by atoms with E-state index in [9.17, 15) is 0 Å². The third kappa shape index (κ3) is 1.23. The zero-order valence-corrected chi connectivity index (χ0v) is 10.2. The Kier molecular flexibility index (Phi) is 1.85. The summed E-state index contributed by atoms with van der Waals surface area (Å²) in [5.41, 5.74) is 10.0. The molecule has 0 radical (unpaired) electrons. The van der Waals surface area contributed by atoms with Gasteiger partial charge in [0.05, 0.1) is 11.2 Å². The van der Waals surface area contributed by atoms with E-state index in [-0.39, 0.29) is 5.41 Å². The Morgan fingerprint density at radius 3 is 2.67 bits per heavy atom. The highest BCUT2D eigenvalue weighted by Crippen LogP contribution is 2.66. The van der Waals surface area contributed by atoms with Gasteiger partial charge in [-0.05, 0) is 24.7 Å². The summed E-state index contributed by atoms with van der Waals surface area (Å²) in [5.74, 6) is 0.756. The summed E-state index contributed by atoms with van der Waals surface area (Å²) in [6.07, 6.45) is 3.90. The van der Waals surface area contributed by atoms with Gasteiger partial charge in [-0.2, -0.15) is 0 Å². The van der Waals surface area contributed by atoms with E-state index in [1.165, 1.54) is 29.8 Å². The molecule has 82 valence electrons. The van der Waals surface area contributed by atoms with Gasteiger partial charge in [0.15, 0.2) is 0 Å². The zero-order valence-electron chi connectivity index (χ0n) is 9.42. The van der Waals surface area contributed by atoms with Crippen LogP contribution in [-0.2, 0) is 5.41 Å². The van der Waals surface area contributed by atoms with Gasteiger partial charge < -0.3 is 5.73 Å². The number of hydrogen-bond donors (Lipinski definition) is 1. The summed E-state index contributed by atoms with van der Waals surface area (Å²) in [6, 6.07) is 0. The molecule has 2 aliphatic carbocycles. The molecule has 0 aliphatic heterocycles. The molecular weight excluding hydrogens is 204 g/mol. The van der Waals surface area contributed by atoms with Crippen LogP contribution in [0.5, 0.6) is 0 Å². The van der Waals surface area contributed by atoms with Gasteiger partial charge in [0.2, 0.25) is 0 Å². The third-order valence-corrected chi connectivity index (χ3v) is 5.30. The Morgan fingerprint density at radius 1 is 1.53 bits per heavy atom. The van der Waals surface area contributed by atoms with Crippen molar-refractivity contribution < 1.29 is 0 Å². The van der Waals surface area contributed by atoms with Crippen LogP contribution in [0.2, 0.25) is 0 Å². The Balaban J connectivity index is 2.01. The molecule has 0 bridgehead atoms. The van der Waals surface area contributed by atoms with E-state index < -0.39 is 0 Å². The fraction of sp³-hybridized carbons (Fsp3) is 0.750. The second-order valence-corrected chi connectivity index (χ2v) is 6.54. The van der Waals surface area contributed by atoms with Gasteiger partial charge in [-0.3, -0.25) is 0 Å². The molecular formula is C12H18N2S. The minimum absolute atomic E-state index is 0.256. The van der Waals surface area contributed by atoms with Crippen molar-refractivity contribution in [2.45, 2.75) is 44.4 Å². The fourth-order valence-corrected chi connectivity index (χ4v) is 4.07. The van der Waals surface area contributed by atoms with Crippen LogP contribution in [0.25, 0.3) is 0 Å². The zero-order chi connectivity index (χ0) is 10.7. The lowest BCUT2D eigenvalue weighted by atomic mass is 9.92. The highest BCUT2D eigenvalue weighted by Gasteiger charge is 2.63. The standard InChI is InChI=1S/C12H18N2S/c1-11(2)5-12(11,6-13)10-9(8-3-4-8)14-7-15-10/h7-8H,3-6,13H2,1-2H3. The Labute approximate surface area is 94.9 Å². The van der Waals surface area contributed by atoms with Crippen molar-refractivity contribution in [3.05, 3.63) is 16.1 Å². The first-order valence-corrected chi connectivity index (χ1v) is 6.63. The van der Waals surface area contributed by atoms with E-state index in [1.807, 2.05) is 16.8 Å². The van der Waals surface area contributed by atoms with E-state index in [4.69, 9.17) is 5.73 Å². The van der Waals surface area contributed by atoms with Crippen LogP contribution in [-0.4, -0.2) is 11.5 Å². The lowest BCUT2D eigenvalue weighted by Crippen LogP contribution is -2.25. The number of nitrogens with two attached hydrogens (primary N) is 1. The van der Waals surface area contributed by atoms with E-state index in [2.05, 4.69) is 18.8 Å². The van der Waals surface area contributed by atoms with Gasteiger partial charge in [0.25, 0.3) is 0 Å². The van der Waals surface area contributed by atoms with Crippen LogP contribution in [0.4, 0.5) is 0 Å². The largest absolute Gasteiger partial charge is 0.330 e. The van der Waals surface area contributed by atoms with Gasteiger partial charge in [0, 0.05) is 22.8 Å². The fourth-order valence-electron chi connectivity index (χ4n) is 2.80. The van der Waals surface area contributed by atoms with Crippen molar-refractivity contribution in [3.63, 3.8) is 0 Å². The van der Waals surface area contributed by atoms with E-state index >= 15 is 0 Å². The van der Waals surface area contributed by atoms with Gasteiger partial charge in [-0.1, -0.05) is 13.8 Å².